The maximum absolute atomic E-state index is 4.17. The Morgan fingerprint density at radius 3 is 2.78 bits per heavy atom. The predicted octanol–water partition coefficient (Wildman–Crippen LogP) is 0.812. The molecule has 0 aromatic carbocycles. The summed E-state index contributed by atoms with van der Waals surface area (Å²) in [5, 5.41) is 11.6. The highest BCUT2D eigenvalue weighted by molar-refractivity contribution is 5.85. The molecule has 2 aliphatic heterocycles. The second-order valence-electron chi connectivity index (χ2n) is 5.59. The first-order valence-corrected chi connectivity index (χ1v) is 6.54. The fourth-order valence-electron chi connectivity index (χ4n) is 3.22. The van der Waals surface area contributed by atoms with E-state index in [1.165, 1.54) is 45.4 Å². The lowest BCUT2D eigenvalue weighted by Gasteiger charge is -2.33. The summed E-state index contributed by atoms with van der Waals surface area (Å²) >= 11 is 0. The summed E-state index contributed by atoms with van der Waals surface area (Å²) in [4.78, 5) is 2.54. The van der Waals surface area contributed by atoms with Gasteiger partial charge in [-0.2, -0.15) is 0 Å². The Bertz CT molecular complexity index is 386. The van der Waals surface area contributed by atoms with Gasteiger partial charge in [-0.1, -0.05) is 5.21 Å². The van der Waals surface area contributed by atoms with Gasteiger partial charge in [0.15, 0.2) is 0 Å². The number of aryl methyl sites for hydroxylation is 1. The molecule has 1 aromatic heterocycles. The number of hydrogen-bond acceptors (Lipinski definition) is 4. The van der Waals surface area contributed by atoms with Gasteiger partial charge >= 0.3 is 0 Å². The molecule has 0 aliphatic carbocycles. The van der Waals surface area contributed by atoms with Crippen molar-refractivity contribution in [1.29, 1.82) is 0 Å². The summed E-state index contributed by atoms with van der Waals surface area (Å²) in [5.41, 5.74) is 1.69. The fourth-order valence-corrected chi connectivity index (χ4v) is 3.22. The first kappa shape index (κ1) is 13.8. The summed E-state index contributed by atoms with van der Waals surface area (Å²) in [6, 6.07) is 0. The number of piperidine rings is 1. The summed E-state index contributed by atoms with van der Waals surface area (Å²) in [5.74, 6) is 0. The second kappa shape index (κ2) is 5.55. The third kappa shape index (κ3) is 2.84. The van der Waals surface area contributed by atoms with Gasteiger partial charge in [0.2, 0.25) is 0 Å². The minimum Gasteiger partial charge on any atom is -0.317 e. The highest BCUT2D eigenvalue weighted by Gasteiger charge is 2.38. The number of aromatic nitrogens is 3. The second-order valence-corrected chi connectivity index (χ2v) is 5.59. The molecule has 0 unspecified atom stereocenters. The molecule has 1 aromatic rings. The molecule has 5 nitrogen and oxygen atoms in total. The van der Waals surface area contributed by atoms with E-state index in [4.69, 9.17) is 0 Å². The SMILES string of the molecule is Cl.Cn1cc(CN2CCC3(CCNCC3)C2)nn1. The first-order valence-electron chi connectivity index (χ1n) is 6.54. The smallest absolute Gasteiger partial charge is 0.0967 e. The molecule has 0 amide bonds. The van der Waals surface area contributed by atoms with Crippen LogP contribution in [0.4, 0.5) is 0 Å². The Morgan fingerprint density at radius 2 is 2.11 bits per heavy atom. The van der Waals surface area contributed by atoms with E-state index < -0.39 is 0 Å². The average molecular weight is 272 g/mol. The summed E-state index contributed by atoms with van der Waals surface area (Å²) in [7, 11) is 1.93. The van der Waals surface area contributed by atoms with Crippen molar-refractivity contribution >= 4 is 12.4 Å². The van der Waals surface area contributed by atoms with E-state index in [0.717, 1.165) is 12.2 Å². The molecule has 18 heavy (non-hydrogen) atoms. The first-order chi connectivity index (χ1) is 8.26. The zero-order chi connectivity index (χ0) is 11.7. The molecular formula is C12H22ClN5. The van der Waals surface area contributed by atoms with Gasteiger partial charge in [0.25, 0.3) is 0 Å². The summed E-state index contributed by atoms with van der Waals surface area (Å²) in [6.45, 7) is 5.81. The molecule has 3 heterocycles. The van der Waals surface area contributed by atoms with Crippen molar-refractivity contribution in [2.24, 2.45) is 12.5 Å². The minimum atomic E-state index is 0. The van der Waals surface area contributed by atoms with Crippen molar-refractivity contribution in [3.63, 3.8) is 0 Å². The van der Waals surface area contributed by atoms with Gasteiger partial charge in [-0.05, 0) is 44.3 Å². The molecule has 0 radical (unpaired) electrons. The van der Waals surface area contributed by atoms with Crippen LogP contribution in [0.1, 0.15) is 25.0 Å². The number of nitrogens with zero attached hydrogens (tertiary/aromatic N) is 4. The molecular weight excluding hydrogens is 250 g/mol. The lowest BCUT2D eigenvalue weighted by molar-refractivity contribution is 0.193. The van der Waals surface area contributed by atoms with E-state index in [1.54, 1.807) is 4.68 Å². The van der Waals surface area contributed by atoms with Crippen LogP contribution in [0.2, 0.25) is 0 Å². The van der Waals surface area contributed by atoms with Crippen molar-refractivity contribution < 1.29 is 0 Å². The minimum absolute atomic E-state index is 0. The zero-order valence-electron chi connectivity index (χ0n) is 10.9. The van der Waals surface area contributed by atoms with Gasteiger partial charge in [-0.25, -0.2) is 0 Å². The monoisotopic (exact) mass is 271 g/mol. The summed E-state index contributed by atoms with van der Waals surface area (Å²) in [6.07, 6.45) is 6.05. The quantitative estimate of drug-likeness (QED) is 0.865. The molecule has 2 fully saturated rings. The molecule has 2 aliphatic rings. The van der Waals surface area contributed by atoms with Gasteiger partial charge < -0.3 is 5.32 Å². The molecule has 102 valence electrons. The standard InChI is InChI=1S/C12H21N5.ClH/c1-16-8-11(14-15-16)9-17-7-4-12(10-17)2-5-13-6-3-12;/h8,13H,2-7,9-10H2,1H3;1H. The van der Waals surface area contributed by atoms with Crippen molar-refractivity contribution in [3.05, 3.63) is 11.9 Å². The van der Waals surface area contributed by atoms with Crippen LogP contribution in [0.15, 0.2) is 6.20 Å². The van der Waals surface area contributed by atoms with Crippen LogP contribution in [0, 0.1) is 5.41 Å². The van der Waals surface area contributed by atoms with Crippen molar-refractivity contribution in [2.75, 3.05) is 26.2 Å². The van der Waals surface area contributed by atoms with Crippen molar-refractivity contribution in [1.82, 2.24) is 25.2 Å². The van der Waals surface area contributed by atoms with Gasteiger partial charge in [0.05, 0.1) is 5.69 Å². The largest absolute Gasteiger partial charge is 0.317 e. The van der Waals surface area contributed by atoms with Crippen LogP contribution in [0.25, 0.3) is 0 Å². The number of nitrogens with one attached hydrogen (secondary N) is 1. The van der Waals surface area contributed by atoms with Crippen LogP contribution in [0.5, 0.6) is 0 Å². The van der Waals surface area contributed by atoms with E-state index in [9.17, 15) is 0 Å². The molecule has 3 rings (SSSR count). The average Bonchev–Trinajstić information content (AvgIpc) is 2.89. The van der Waals surface area contributed by atoms with E-state index in [-0.39, 0.29) is 12.4 Å². The highest BCUT2D eigenvalue weighted by Crippen LogP contribution is 2.38. The number of rotatable bonds is 2. The van der Waals surface area contributed by atoms with Crippen LogP contribution in [-0.4, -0.2) is 46.1 Å². The van der Waals surface area contributed by atoms with Gasteiger partial charge in [0, 0.05) is 26.3 Å². The lowest BCUT2D eigenvalue weighted by Crippen LogP contribution is -2.38. The van der Waals surface area contributed by atoms with Gasteiger partial charge in [-0.15, -0.1) is 17.5 Å². The third-order valence-electron chi connectivity index (χ3n) is 4.22. The van der Waals surface area contributed by atoms with Crippen LogP contribution in [-0.2, 0) is 13.6 Å². The number of hydrogen-bond donors (Lipinski definition) is 1. The van der Waals surface area contributed by atoms with Crippen LogP contribution >= 0.6 is 12.4 Å². The fraction of sp³-hybridized carbons (Fsp3) is 0.833. The lowest BCUT2D eigenvalue weighted by atomic mass is 9.78. The van der Waals surface area contributed by atoms with E-state index in [0.29, 0.717) is 5.41 Å². The number of likely N-dealkylation sites (tertiary alicyclic amines) is 1. The predicted molar refractivity (Wildman–Crippen MR) is 72.7 cm³/mol. The third-order valence-corrected chi connectivity index (χ3v) is 4.22. The van der Waals surface area contributed by atoms with Crippen molar-refractivity contribution in [3.8, 4) is 0 Å². The van der Waals surface area contributed by atoms with E-state index >= 15 is 0 Å². The van der Waals surface area contributed by atoms with Crippen LogP contribution < -0.4 is 5.32 Å². The Labute approximate surface area is 114 Å². The number of halogens is 1. The molecule has 6 heteroatoms. The molecule has 2 saturated heterocycles. The Hall–Kier alpha value is -0.650. The highest BCUT2D eigenvalue weighted by atomic mass is 35.5. The molecule has 0 bridgehead atoms. The maximum Gasteiger partial charge on any atom is 0.0967 e. The Morgan fingerprint density at radius 1 is 1.33 bits per heavy atom. The normalized spacial score (nSPS) is 23.2. The van der Waals surface area contributed by atoms with E-state index in [1.807, 2.05) is 13.2 Å². The molecule has 0 saturated carbocycles. The summed E-state index contributed by atoms with van der Waals surface area (Å²) < 4.78 is 1.78. The molecule has 1 spiro atoms. The maximum atomic E-state index is 4.17. The molecule has 1 N–H and O–H groups in total. The van der Waals surface area contributed by atoms with Crippen molar-refractivity contribution in [2.45, 2.75) is 25.8 Å². The Kier molecular flexibility index (Phi) is 4.25. The van der Waals surface area contributed by atoms with Gasteiger partial charge in [-0.3, -0.25) is 9.58 Å². The topological polar surface area (TPSA) is 46.0 Å². The zero-order valence-corrected chi connectivity index (χ0v) is 11.7. The Balaban J connectivity index is 0.00000120. The van der Waals surface area contributed by atoms with Crippen LogP contribution in [0.3, 0.4) is 0 Å². The molecule has 0 atom stereocenters. The van der Waals surface area contributed by atoms with Gasteiger partial charge in [0.1, 0.15) is 0 Å². The van der Waals surface area contributed by atoms with E-state index in [2.05, 4.69) is 20.5 Å².